The Labute approximate surface area is 108 Å². The van der Waals surface area contributed by atoms with Crippen molar-refractivity contribution in [2.24, 2.45) is 0 Å². The molecule has 0 radical (unpaired) electrons. The molecule has 1 atom stereocenters. The van der Waals surface area contributed by atoms with E-state index in [-0.39, 0.29) is 5.75 Å². The summed E-state index contributed by atoms with van der Waals surface area (Å²) in [7, 11) is 0. The van der Waals surface area contributed by atoms with Gasteiger partial charge in [-0.2, -0.15) is 13.2 Å². The first kappa shape index (κ1) is 12.9. The predicted octanol–water partition coefficient (Wildman–Crippen LogP) is 3.24. The molecule has 2 rings (SSSR count). The number of benzene rings is 1. The topological polar surface area (TPSA) is 46.5 Å². The number of alkyl halides is 3. The van der Waals surface area contributed by atoms with Gasteiger partial charge >= 0.3 is 12.1 Å². The van der Waals surface area contributed by atoms with Crippen molar-refractivity contribution in [1.82, 2.24) is 0 Å². The van der Waals surface area contributed by atoms with Crippen molar-refractivity contribution in [3.05, 3.63) is 33.8 Å². The Morgan fingerprint density at radius 1 is 1.39 bits per heavy atom. The average molecular weight is 323 g/mol. The number of rotatable bonds is 1. The largest absolute Gasteiger partial charge is 0.478 e. The van der Waals surface area contributed by atoms with Crippen LogP contribution in [0.3, 0.4) is 0 Å². The van der Waals surface area contributed by atoms with Gasteiger partial charge in [-0.3, -0.25) is 0 Å². The van der Waals surface area contributed by atoms with Crippen LogP contribution in [0.1, 0.15) is 5.56 Å². The second-order valence-electron chi connectivity index (χ2n) is 3.60. The molecule has 1 N–H and O–H groups in total. The maximum atomic E-state index is 12.7. The molecule has 1 aromatic rings. The third-order valence-electron chi connectivity index (χ3n) is 2.37. The Morgan fingerprint density at radius 3 is 2.61 bits per heavy atom. The first-order chi connectivity index (χ1) is 8.30. The van der Waals surface area contributed by atoms with E-state index in [9.17, 15) is 18.0 Å². The summed E-state index contributed by atoms with van der Waals surface area (Å²) >= 11 is 3.06. The van der Waals surface area contributed by atoms with Gasteiger partial charge in [-0.15, -0.1) is 0 Å². The van der Waals surface area contributed by atoms with Gasteiger partial charge in [-0.05, 0) is 28.1 Å². The van der Waals surface area contributed by atoms with Crippen molar-refractivity contribution in [2.75, 3.05) is 0 Å². The van der Waals surface area contributed by atoms with Crippen molar-refractivity contribution in [2.45, 2.75) is 12.3 Å². The van der Waals surface area contributed by atoms with Crippen LogP contribution < -0.4 is 4.74 Å². The van der Waals surface area contributed by atoms with Crippen molar-refractivity contribution in [3.63, 3.8) is 0 Å². The predicted molar refractivity (Wildman–Crippen MR) is 60.2 cm³/mol. The van der Waals surface area contributed by atoms with Gasteiger partial charge in [0.2, 0.25) is 6.10 Å². The fraction of sp³-hybridized carbons (Fsp3) is 0.182. The molecule has 7 heteroatoms. The molecule has 18 heavy (non-hydrogen) atoms. The third-order valence-corrected chi connectivity index (χ3v) is 3.00. The van der Waals surface area contributed by atoms with Gasteiger partial charge < -0.3 is 9.84 Å². The van der Waals surface area contributed by atoms with Crippen molar-refractivity contribution >= 4 is 28.0 Å². The van der Waals surface area contributed by atoms with Gasteiger partial charge in [0.1, 0.15) is 5.75 Å². The number of hydrogen-bond donors (Lipinski definition) is 1. The van der Waals surface area contributed by atoms with Gasteiger partial charge in [0.05, 0.1) is 10.0 Å². The maximum Gasteiger partial charge on any atom is 0.430 e. The number of halogens is 4. The molecule has 0 spiro atoms. The number of ether oxygens (including phenoxy) is 1. The molecule has 0 aromatic heterocycles. The van der Waals surface area contributed by atoms with Crippen LogP contribution in [0, 0.1) is 0 Å². The molecular formula is C11H6BrF3O3. The van der Waals surface area contributed by atoms with E-state index in [1.807, 2.05) is 0 Å². The molecule has 1 unspecified atom stereocenters. The Hall–Kier alpha value is -1.50. The quantitative estimate of drug-likeness (QED) is 0.863. The molecule has 0 aliphatic carbocycles. The normalized spacial score (nSPS) is 18.7. The van der Waals surface area contributed by atoms with E-state index >= 15 is 0 Å². The second kappa shape index (κ2) is 4.31. The second-order valence-corrected chi connectivity index (χ2v) is 4.46. The summed E-state index contributed by atoms with van der Waals surface area (Å²) in [4.78, 5) is 10.8. The zero-order valence-electron chi connectivity index (χ0n) is 8.66. The van der Waals surface area contributed by atoms with E-state index in [2.05, 4.69) is 15.9 Å². The van der Waals surface area contributed by atoms with Crippen molar-refractivity contribution < 1.29 is 27.8 Å². The van der Waals surface area contributed by atoms with E-state index in [1.54, 1.807) is 6.07 Å². The minimum Gasteiger partial charge on any atom is -0.478 e. The van der Waals surface area contributed by atoms with E-state index in [4.69, 9.17) is 9.84 Å². The number of para-hydroxylation sites is 1. The van der Waals surface area contributed by atoms with Gasteiger partial charge in [0, 0.05) is 5.56 Å². The summed E-state index contributed by atoms with van der Waals surface area (Å²) in [6, 6.07) is 4.58. The SMILES string of the molecule is O=C(O)C1=Cc2cccc(Br)c2OC1C(F)(F)F. The van der Waals surface area contributed by atoms with Gasteiger partial charge in [0.25, 0.3) is 0 Å². The third kappa shape index (κ3) is 2.22. The van der Waals surface area contributed by atoms with Crippen molar-refractivity contribution in [1.29, 1.82) is 0 Å². The Bertz CT molecular complexity index is 537. The molecule has 1 heterocycles. The summed E-state index contributed by atoms with van der Waals surface area (Å²) < 4.78 is 43.3. The molecular weight excluding hydrogens is 317 g/mol. The fourth-order valence-corrected chi connectivity index (χ4v) is 2.08. The molecule has 0 fully saturated rings. The van der Waals surface area contributed by atoms with Crippen LogP contribution in [0.15, 0.2) is 28.2 Å². The van der Waals surface area contributed by atoms with Crippen molar-refractivity contribution in [3.8, 4) is 5.75 Å². The molecule has 0 bridgehead atoms. The zero-order chi connectivity index (χ0) is 13.5. The van der Waals surface area contributed by atoms with Crippen LogP contribution >= 0.6 is 15.9 Å². The summed E-state index contributed by atoms with van der Waals surface area (Å²) in [6.45, 7) is 0. The van der Waals surface area contributed by atoms with Gasteiger partial charge in [-0.1, -0.05) is 12.1 Å². The lowest BCUT2D eigenvalue weighted by molar-refractivity contribution is -0.187. The molecule has 0 saturated heterocycles. The maximum absolute atomic E-state index is 12.7. The van der Waals surface area contributed by atoms with Crippen LogP contribution in [-0.4, -0.2) is 23.4 Å². The molecule has 0 saturated carbocycles. The summed E-state index contributed by atoms with van der Waals surface area (Å²) in [5, 5.41) is 8.81. The van der Waals surface area contributed by atoms with Crippen LogP contribution in [0.4, 0.5) is 13.2 Å². The van der Waals surface area contributed by atoms with E-state index in [0.717, 1.165) is 6.08 Å². The van der Waals surface area contributed by atoms with Gasteiger partial charge in [0.15, 0.2) is 0 Å². The molecule has 96 valence electrons. The summed E-state index contributed by atoms with van der Waals surface area (Å²) in [6.07, 6.45) is -6.26. The highest BCUT2D eigenvalue weighted by Crippen LogP contribution is 2.40. The Morgan fingerprint density at radius 2 is 2.06 bits per heavy atom. The monoisotopic (exact) mass is 322 g/mol. The number of fused-ring (bicyclic) bond motifs is 1. The van der Waals surface area contributed by atoms with E-state index in [0.29, 0.717) is 10.0 Å². The minimum absolute atomic E-state index is 0.00942. The average Bonchev–Trinajstić information content (AvgIpc) is 2.26. The molecule has 1 aromatic carbocycles. The molecule has 3 nitrogen and oxygen atoms in total. The summed E-state index contributed by atoms with van der Waals surface area (Å²) in [5.41, 5.74) is -0.532. The first-order valence-corrected chi connectivity index (χ1v) is 5.57. The highest BCUT2D eigenvalue weighted by atomic mass is 79.9. The highest BCUT2D eigenvalue weighted by molar-refractivity contribution is 9.10. The molecule has 1 aliphatic rings. The van der Waals surface area contributed by atoms with Crippen LogP contribution in [0.2, 0.25) is 0 Å². The zero-order valence-corrected chi connectivity index (χ0v) is 10.2. The lowest BCUT2D eigenvalue weighted by atomic mass is 10.0. The molecule has 0 amide bonds. The van der Waals surface area contributed by atoms with Crippen LogP contribution in [-0.2, 0) is 4.79 Å². The van der Waals surface area contributed by atoms with Gasteiger partial charge in [-0.25, -0.2) is 4.79 Å². The number of carbonyl (C=O) groups is 1. The standard InChI is InChI=1S/C11H6BrF3O3/c12-7-3-1-2-5-4-6(10(16)17)9(11(13,14)15)18-8(5)7/h1-4,9H,(H,16,17). The van der Waals surface area contributed by atoms with E-state index < -0.39 is 23.8 Å². The minimum atomic E-state index is -4.78. The highest BCUT2D eigenvalue weighted by Gasteiger charge is 2.48. The Kier molecular flexibility index (Phi) is 3.10. The van der Waals surface area contributed by atoms with E-state index in [1.165, 1.54) is 12.1 Å². The fourth-order valence-electron chi connectivity index (χ4n) is 1.61. The number of carboxylic acids is 1. The summed E-state index contributed by atoms with van der Waals surface area (Å²) in [5.74, 6) is -1.66. The number of hydrogen-bond acceptors (Lipinski definition) is 2. The lowest BCUT2D eigenvalue weighted by Crippen LogP contribution is -2.40. The number of aliphatic carboxylic acids is 1. The molecule has 1 aliphatic heterocycles. The number of carboxylic acid groups (broad SMARTS) is 1. The lowest BCUT2D eigenvalue weighted by Gasteiger charge is -2.27. The first-order valence-electron chi connectivity index (χ1n) is 4.77. The van der Waals surface area contributed by atoms with Crippen LogP contribution in [0.25, 0.3) is 6.08 Å². The Balaban J connectivity index is 2.57. The van der Waals surface area contributed by atoms with Crippen LogP contribution in [0.5, 0.6) is 5.75 Å². The smallest absolute Gasteiger partial charge is 0.430 e.